The molecule has 4 nitrogen and oxygen atoms in total. The highest BCUT2D eigenvalue weighted by Crippen LogP contribution is 2.31. The van der Waals surface area contributed by atoms with Crippen LogP contribution in [0.25, 0.3) is 44.5 Å². The number of aliphatic carboxylic acids is 1. The van der Waals surface area contributed by atoms with Gasteiger partial charge in [-0.05, 0) is 132 Å². The largest absolute Gasteiger partial charge is 0.481 e. The lowest BCUT2D eigenvalue weighted by atomic mass is 9.97. The summed E-state index contributed by atoms with van der Waals surface area (Å²) in [6.07, 6.45) is 15.9. The Morgan fingerprint density at radius 2 is 0.762 bits per heavy atom. The lowest BCUT2D eigenvalue weighted by Crippen LogP contribution is -1.95. The summed E-state index contributed by atoms with van der Waals surface area (Å²) in [7, 11) is 0. The third-order valence-electron chi connectivity index (χ3n) is 11.1. The van der Waals surface area contributed by atoms with E-state index in [9.17, 15) is 13.6 Å². The highest BCUT2D eigenvalue weighted by Gasteiger charge is 2.10. The van der Waals surface area contributed by atoms with Crippen molar-refractivity contribution in [3.8, 4) is 44.5 Å². The quantitative estimate of drug-likeness (QED) is 0.0577. The van der Waals surface area contributed by atoms with Gasteiger partial charge in [0.25, 0.3) is 0 Å². The highest BCUT2D eigenvalue weighted by atomic mass is 79.9. The monoisotopic (exact) mass is 914 g/mol. The second kappa shape index (κ2) is 28.2. The predicted molar refractivity (Wildman–Crippen MR) is 258 cm³/mol. The zero-order valence-electron chi connectivity index (χ0n) is 36.8. The predicted octanol–water partition coefficient (Wildman–Crippen LogP) is 15.7. The van der Waals surface area contributed by atoms with Crippen molar-refractivity contribution in [2.75, 3.05) is 5.33 Å². The van der Waals surface area contributed by atoms with Crippen LogP contribution in [0.2, 0.25) is 0 Å². The van der Waals surface area contributed by atoms with Crippen molar-refractivity contribution in [3.05, 3.63) is 167 Å². The van der Waals surface area contributed by atoms with Crippen molar-refractivity contribution in [2.24, 2.45) is 0 Å². The number of unbranched alkanes of at least 4 members (excludes halogenated alkanes) is 6. The molecule has 0 bridgehead atoms. The van der Waals surface area contributed by atoms with Crippen LogP contribution in [0.3, 0.4) is 0 Å². The Kier molecular flexibility index (Phi) is 22.5. The molecular weight excluding hydrogens is 855 g/mol. The number of halogens is 3. The fourth-order valence-electron chi connectivity index (χ4n) is 7.47. The number of carboxylic acid groups (broad SMARTS) is 1. The van der Waals surface area contributed by atoms with Crippen molar-refractivity contribution in [1.29, 1.82) is 0 Å². The molecule has 1 N–H and O–H groups in total. The lowest BCUT2D eigenvalue weighted by molar-refractivity contribution is -0.191. The molecule has 0 spiro atoms. The maximum Gasteiger partial charge on any atom is 0.373 e. The van der Waals surface area contributed by atoms with Crippen LogP contribution >= 0.6 is 15.9 Å². The van der Waals surface area contributed by atoms with Crippen LogP contribution in [-0.4, -0.2) is 22.6 Å². The van der Waals surface area contributed by atoms with Gasteiger partial charge in [0.15, 0.2) is 0 Å². The molecule has 0 fully saturated rings. The molecule has 330 valence electrons. The average molecular weight is 916 g/mol. The first-order valence-corrected chi connectivity index (χ1v) is 23.5. The molecule has 6 rings (SSSR count). The molecule has 6 aromatic carbocycles. The van der Waals surface area contributed by atoms with E-state index in [1.54, 1.807) is 12.1 Å². The third kappa shape index (κ3) is 17.3. The van der Waals surface area contributed by atoms with E-state index < -0.39 is 5.97 Å². The van der Waals surface area contributed by atoms with Gasteiger partial charge in [-0.3, -0.25) is 4.79 Å². The van der Waals surface area contributed by atoms with E-state index in [1.165, 1.54) is 68.1 Å². The number of alkyl halides is 1. The number of hydrogen-bond donors (Lipinski definition) is 1. The summed E-state index contributed by atoms with van der Waals surface area (Å²) < 4.78 is 29.7. The van der Waals surface area contributed by atoms with Crippen LogP contribution in [0.4, 0.5) is 8.78 Å². The van der Waals surface area contributed by atoms with E-state index in [0.717, 1.165) is 76.4 Å². The van der Waals surface area contributed by atoms with Crippen LogP contribution in [-0.2, 0) is 40.1 Å². The van der Waals surface area contributed by atoms with E-state index in [1.807, 2.05) is 60.7 Å². The molecule has 0 saturated carbocycles. The number of carbonyl (C=O) groups excluding carboxylic acids is 2. The first kappa shape index (κ1) is 50.2. The lowest BCUT2D eigenvalue weighted by Gasteiger charge is -2.09. The van der Waals surface area contributed by atoms with Gasteiger partial charge in [0, 0.05) is 22.9 Å². The number of hydrogen-bond acceptors (Lipinski definition) is 3. The maximum atomic E-state index is 14.9. The Morgan fingerprint density at radius 1 is 0.460 bits per heavy atom. The molecule has 6 aromatic rings. The molecule has 7 heteroatoms. The molecule has 0 aliphatic heterocycles. The molecule has 0 atom stereocenters. The minimum atomic E-state index is -0.753. The Bertz CT molecular complexity index is 2280. The number of carboxylic acids is 1. The topological polar surface area (TPSA) is 71.4 Å². The summed E-state index contributed by atoms with van der Waals surface area (Å²) in [5, 5.41) is 9.75. The molecule has 0 unspecified atom stereocenters. The number of carbonyl (C=O) groups is 1. The molecular formula is C56H61BrF2O4. The van der Waals surface area contributed by atoms with E-state index >= 15 is 0 Å². The van der Waals surface area contributed by atoms with Crippen LogP contribution in [0.1, 0.15) is 107 Å². The number of rotatable bonds is 21. The van der Waals surface area contributed by atoms with Crippen molar-refractivity contribution in [1.82, 2.24) is 0 Å². The van der Waals surface area contributed by atoms with Gasteiger partial charge in [-0.2, -0.15) is 9.59 Å². The van der Waals surface area contributed by atoms with Gasteiger partial charge in [0.2, 0.25) is 0 Å². The first-order chi connectivity index (χ1) is 30.7. The smallest absolute Gasteiger partial charge is 0.373 e. The van der Waals surface area contributed by atoms with E-state index in [-0.39, 0.29) is 24.2 Å². The standard InChI is InChI=1S/C28H31FO2.C27H30BrF.CO2/c1-2-3-4-7-21-10-14-23(15-11-21)25-18-19-26(27(29)20-25)24-16-12-22(13-17-24)8-5-6-9-28(30)31;1-2-3-4-7-21-9-13-23(14-10-21)25-17-18-26(27(29)20-25)24-15-11-22(12-16-24)8-5-6-19-28;2-1-3/h10-20H,2-9H2,1H3,(H,30,31);9-18,20H,2-8,19H2,1H3;. The maximum absolute atomic E-state index is 14.9. The Morgan fingerprint density at radius 3 is 1.06 bits per heavy atom. The average Bonchev–Trinajstić information content (AvgIpc) is 3.29. The van der Waals surface area contributed by atoms with E-state index in [2.05, 4.69) is 90.4 Å². The zero-order valence-corrected chi connectivity index (χ0v) is 38.4. The van der Waals surface area contributed by atoms with Crippen LogP contribution < -0.4 is 0 Å². The first-order valence-electron chi connectivity index (χ1n) is 22.4. The summed E-state index contributed by atoms with van der Waals surface area (Å²) in [4.78, 5) is 26.8. The van der Waals surface area contributed by atoms with Crippen molar-refractivity contribution >= 4 is 28.1 Å². The van der Waals surface area contributed by atoms with Gasteiger partial charge in [-0.15, -0.1) is 0 Å². The fourth-order valence-corrected chi connectivity index (χ4v) is 7.87. The number of benzene rings is 6. The molecule has 0 amide bonds. The molecule has 0 aliphatic carbocycles. The molecule has 0 heterocycles. The molecule has 63 heavy (non-hydrogen) atoms. The zero-order chi connectivity index (χ0) is 45.2. The Balaban J connectivity index is 0.000000261. The second-order valence-electron chi connectivity index (χ2n) is 15.9. The SMILES string of the molecule is CCCCCc1ccc(-c2ccc(-c3ccc(CCCCBr)cc3)c(F)c2)cc1.CCCCCc1ccc(-c2ccc(-c3ccc(CCCCC(=O)O)cc3)c(F)c2)cc1.O=C=O. The van der Waals surface area contributed by atoms with Crippen molar-refractivity contribution < 1.29 is 28.3 Å². The number of aryl methyl sites for hydroxylation is 4. The van der Waals surface area contributed by atoms with E-state index in [4.69, 9.17) is 14.7 Å². The summed E-state index contributed by atoms with van der Waals surface area (Å²) in [5.74, 6) is -1.14. The Hall–Kier alpha value is -5.49. The molecule has 0 saturated heterocycles. The van der Waals surface area contributed by atoms with E-state index in [0.29, 0.717) is 17.5 Å². The summed E-state index contributed by atoms with van der Waals surface area (Å²) >= 11 is 3.47. The van der Waals surface area contributed by atoms with Gasteiger partial charge < -0.3 is 5.11 Å². The minimum absolute atomic E-state index is 0.165. The fraction of sp³-hybridized carbons (Fsp3) is 0.321. The molecule has 0 radical (unpaired) electrons. The minimum Gasteiger partial charge on any atom is -0.481 e. The summed E-state index contributed by atoms with van der Waals surface area (Å²) in [5.41, 5.74) is 12.1. The van der Waals surface area contributed by atoms with Gasteiger partial charge in [-0.25, -0.2) is 8.78 Å². The van der Waals surface area contributed by atoms with Crippen LogP contribution in [0.5, 0.6) is 0 Å². The normalized spacial score (nSPS) is 10.6. The van der Waals surface area contributed by atoms with Gasteiger partial charge in [0.05, 0.1) is 0 Å². The van der Waals surface area contributed by atoms with Gasteiger partial charge in [0.1, 0.15) is 11.6 Å². The molecule has 0 aliphatic rings. The summed E-state index contributed by atoms with van der Waals surface area (Å²) in [6, 6.07) is 44.2. The van der Waals surface area contributed by atoms with Gasteiger partial charge in [-0.1, -0.05) is 177 Å². The van der Waals surface area contributed by atoms with Crippen LogP contribution in [0, 0.1) is 11.6 Å². The third-order valence-corrected chi connectivity index (χ3v) is 11.7. The van der Waals surface area contributed by atoms with Crippen LogP contribution in [0.15, 0.2) is 133 Å². The summed E-state index contributed by atoms with van der Waals surface area (Å²) in [6.45, 7) is 4.43. The highest BCUT2D eigenvalue weighted by molar-refractivity contribution is 9.09. The molecule has 0 aromatic heterocycles. The second-order valence-corrected chi connectivity index (χ2v) is 16.7. The van der Waals surface area contributed by atoms with Crippen molar-refractivity contribution in [3.63, 3.8) is 0 Å². The van der Waals surface area contributed by atoms with Crippen molar-refractivity contribution in [2.45, 2.75) is 110 Å². The van der Waals surface area contributed by atoms with Gasteiger partial charge >= 0.3 is 12.1 Å². The Labute approximate surface area is 382 Å².